The first-order valence-electron chi connectivity index (χ1n) is 4.88. The molecule has 0 N–H and O–H groups in total. The highest BCUT2D eigenvalue weighted by Crippen LogP contribution is 2.03. The van der Waals surface area contributed by atoms with Crippen molar-refractivity contribution in [1.29, 1.82) is 0 Å². The van der Waals surface area contributed by atoms with Crippen LogP contribution in [0.1, 0.15) is 29.4 Å². The summed E-state index contributed by atoms with van der Waals surface area (Å²) in [5.74, 6) is 0.00591. The number of hydrogen-bond acceptors (Lipinski definition) is 3. The van der Waals surface area contributed by atoms with E-state index in [2.05, 4.69) is 15.0 Å². The molecule has 1 rings (SSSR count). The lowest BCUT2D eigenvalue weighted by Gasteiger charge is -1.95. The molecule has 82 valence electrons. The van der Waals surface area contributed by atoms with E-state index in [0.29, 0.717) is 18.5 Å². The number of carbonyl (C=O) groups excluding carboxylic acids is 1. The van der Waals surface area contributed by atoms with Gasteiger partial charge < -0.3 is 0 Å². The summed E-state index contributed by atoms with van der Waals surface area (Å²) in [5, 5.41) is 3.40. The molecular weight excluding hydrogens is 204 g/mol. The van der Waals surface area contributed by atoms with Crippen molar-refractivity contribution in [2.24, 2.45) is 5.11 Å². The Morgan fingerprint density at radius 2 is 2.44 bits per heavy atom. The Bertz CT molecular complexity index is 430. The monoisotopic (exact) mass is 216 g/mol. The van der Waals surface area contributed by atoms with Crippen LogP contribution < -0.4 is 0 Å². The number of hydrogen-bond donors (Lipinski definition) is 0. The molecule has 0 saturated heterocycles. The van der Waals surface area contributed by atoms with Gasteiger partial charge >= 0.3 is 0 Å². The molecule has 1 aromatic heterocycles. The standard InChI is InChI=1S/C11H12N4O/c1-9(16)10-5-6-11(13-8-10)4-2-3-7-14-15-12/h2,4-6,8H,3,7H2,1H3. The van der Waals surface area contributed by atoms with Crippen molar-refractivity contribution < 1.29 is 4.79 Å². The van der Waals surface area contributed by atoms with Gasteiger partial charge in [-0.1, -0.05) is 11.2 Å². The van der Waals surface area contributed by atoms with E-state index in [4.69, 9.17) is 5.53 Å². The number of pyridine rings is 1. The normalized spacial score (nSPS) is 10.1. The van der Waals surface area contributed by atoms with Gasteiger partial charge in [0.2, 0.25) is 0 Å². The summed E-state index contributed by atoms with van der Waals surface area (Å²) in [6.07, 6.45) is 5.94. The van der Waals surface area contributed by atoms with Gasteiger partial charge in [-0.2, -0.15) is 0 Å². The highest BCUT2D eigenvalue weighted by molar-refractivity contribution is 5.93. The Morgan fingerprint density at radius 1 is 1.62 bits per heavy atom. The maximum absolute atomic E-state index is 11.0. The van der Waals surface area contributed by atoms with Gasteiger partial charge in [-0.05, 0) is 37.1 Å². The lowest BCUT2D eigenvalue weighted by atomic mass is 10.2. The van der Waals surface area contributed by atoms with Gasteiger partial charge in [0.15, 0.2) is 5.78 Å². The topological polar surface area (TPSA) is 78.7 Å². The summed E-state index contributed by atoms with van der Waals surface area (Å²) < 4.78 is 0. The van der Waals surface area contributed by atoms with Gasteiger partial charge in [0.1, 0.15) is 0 Å². The first-order chi connectivity index (χ1) is 7.74. The minimum absolute atomic E-state index is 0.00591. The van der Waals surface area contributed by atoms with Crippen molar-refractivity contribution in [3.8, 4) is 0 Å². The summed E-state index contributed by atoms with van der Waals surface area (Å²) in [4.78, 5) is 17.7. The molecule has 5 heteroatoms. The van der Waals surface area contributed by atoms with Gasteiger partial charge in [-0.3, -0.25) is 9.78 Å². The quantitative estimate of drug-likeness (QED) is 0.249. The Morgan fingerprint density at radius 3 is 3.00 bits per heavy atom. The molecule has 0 spiro atoms. The average molecular weight is 216 g/mol. The number of carbonyl (C=O) groups is 1. The molecule has 0 atom stereocenters. The molecule has 1 aromatic rings. The van der Waals surface area contributed by atoms with E-state index in [1.165, 1.54) is 6.92 Å². The van der Waals surface area contributed by atoms with Crippen LogP contribution in [0.3, 0.4) is 0 Å². The van der Waals surface area contributed by atoms with Crippen LogP contribution >= 0.6 is 0 Å². The van der Waals surface area contributed by atoms with Gasteiger partial charge in [0.05, 0.1) is 5.69 Å². The molecule has 0 aliphatic heterocycles. The fraction of sp³-hybridized carbons (Fsp3) is 0.273. The molecule has 0 aliphatic rings. The Balaban J connectivity index is 2.54. The lowest BCUT2D eigenvalue weighted by Crippen LogP contribution is -1.93. The maximum Gasteiger partial charge on any atom is 0.161 e. The summed E-state index contributed by atoms with van der Waals surface area (Å²) in [6.45, 7) is 1.95. The summed E-state index contributed by atoms with van der Waals surface area (Å²) in [6, 6.07) is 3.52. The first kappa shape index (κ1) is 11.9. The van der Waals surface area contributed by atoms with Crippen molar-refractivity contribution in [1.82, 2.24) is 4.98 Å². The Kier molecular flexibility index (Phi) is 4.76. The van der Waals surface area contributed by atoms with Crippen LogP contribution in [-0.4, -0.2) is 17.3 Å². The largest absolute Gasteiger partial charge is 0.294 e. The number of rotatable bonds is 5. The molecule has 0 bridgehead atoms. The van der Waals surface area contributed by atoms with Crippen LogP contribution in [0.2, 0.25) is 0 Å². The van der Waals surface area contributed by atoms with Crippen molar-refractivity contribution in [2.75, 3.05) is 6.54 Å². The summed E-state index contributed by atoms with van der Waals surface area (Å²) in [5.41, 5.74) is 9.44. The lowest BCUT2D eigenvalue weighted by molar-refractivity contribution is 0.101. The summed E-state index contributed by atoms with van der Waals surface area (Å²) >= 11 is 0. The van der Waals surface area contributed by atoms with E-state index in [1.54, 1.807) is 18.3 Å². The number of nitrogens with zero attached hydrogens (tertiary/aromatic N) is 4. The highest BCUT2D eigenvalue weighted by Gasteiger charge is 1.97. The number of ketones is 1. The van der Waals surface area contributed by atoms with Gasteiger partial charge in [-0.25, -0.2) is 0 Å². The zero-order valence-electron chi connectivity index (χ0n) is 9.00. The molecule has 1 heterocycles. The Hall–Kier alpha value is -2.13. The van der Waals surface area contributed by atoms with E-state index in [9.17, 15) is 4.79 Å². The van der Waals surface area contributed by atoms with Crippen LogP contribution in [0.5, 0.6) is 0 Å². The molecule has 0 aliphatic carbocycles. The van der Waals surface area contributed by atoms with Crippen molar-refractivity contribution in [3.63, 3.8) is 0 Å². The molecule has 0 saturated carbocycles. The molecule has 0 unspecified atom stereocenters. The first-order valence-corrected chi connectivity index (χ1v) is 4.88. The molecule has 0 radical (unpaired) electrons. The smallest absolute Gasteiger partial charge is 0.161 e. The van der Waals surface area contributed by atoms with Gasteiger partial charge in [-0.15, -0.1) is 0 Å². The SMILES string of the molecule is CC(=O)c1ccc(C=CCCN=[N+]=[N-])nc1. The third kappa shape index (κ3) is 3.94. The molecule has 0 aromatic carbocycles. The van der Waals surface area contributed by atoms with Crippen molar-refractivity contribution in [3.05, 3.63) is 46.1 Å². The van der Waals surface area contributed by atoms with Crippen LogP contribution in [-0.2, 0) is 0 Å². The highest BCUT2D eigenvalue weighted by atomic mass is 16.1. The molecular formula is C11H12N4O. The fourth-order valence-electron chi connectivity index (χ4n) is 1.09. The third-order valence-corrected chi connectivity index (χ3v) is 1.94. The maximum atomic E-state index is 11.0. The number of aromatic nitrogens is 1. The van der Waals surface area contributed by atoms with E-state index < -0.39 is 0 Å². The Labute approximate surface area is 93.4 Å². The second kappa shape index (κ2) is 6.37. The second-order valence-corrected chi connectivity index (χ2v) is 3.17. The minimum atomic E-state index is 0.00591. The van der Waals surface area contributed by atoms with E-state index >= 15 is 0 Å². The number of azide groups is 1. The van der Waals surface area contributed by atoms with Crippen molar-refractivity contribution in [2.45, 2.75) is 13.3 Å². The third-order valence-electron chi connectivity index (χ3n) is 1.94. The summed E-state index contributed by atoms with van der Waals surface area (Å²) in [7, 11) is 0. The molecule has 16 heavy (non-hydrogen) atoms. The van der Waals surface area contributed by atoms with Crippen molar-refractivity contribution >= 4 is 11.9 Å². The van der Waals surface area contributed by atoms with Gasteiger partial charge in [0, 0.05) is 23.2 Å². The molecule has 5 nitrogen and oxygen atoms in total. The minimum Gasteiger partial charge on any atom is -0.294 e. The predicted octanol–water partition coefficient (Wildman–Crippen LogP) is 3.00. The zero-order valence-corrected chi connectivity index (χ0v) is 9.00. The molecule has 0 amide bonds. The van der Waals surface area contributed by atoms with Crippen LogP contribution in [0.15, 0.2) is 29.5 Å². The predicted molar refractivity (Wildman–Crippen MR) is 61.9 cm³/mol. The number of Topliss-reactive ketones (excluding diaryl/α,β-unsaturated/α-hetero) is 1. The van der Waals surface area contributed by atoms with Crippen LogP contribution in [0.4, 0.5) is 0 Å². The zero-order chi connectivity index (χ0) is 11.8. The van der Waals surface area contributed by atoms with E-state index in [-0.39, 0.29) is 5.78 Å². The molecule has 0 fully saturated rings. The average Bonchev–Trinajstić information content (AvgIpc) is 2.29. The van der Waals surface area contributed by atoms with Gasteiger partial charge in [0.25, 0.3) is 0 Å². The van der Waals surface area contributed by atoms with Crippen LogP contribution in [0.25, 0.3) is 16.5 Å². The fourth-order valence-corrected chi connectivity index (χ4v) is 1.09. The second-order valence-electron chi connectivity index (χ2n) is 3.17. The van der Waals surface area contributed by atoms with E-state index in [0.717, 1.165) is 5.69 Å². The van der Waals surface area contributed by atoms with Crippen LogP contribution in [0, 0.1) is 0 Å². The van der Waals surface area contributed by atoms with E-state index in [1.807, 2.05) is 12.2 Å².